The minimum Gasteiger partial charge on any atom is -0.306 e. The number of hydrogen-bond acceptors (Lipinski definition) is 6. The first-order valence-electron chi connectivity index (χ1n) is 9.97. The number of nitrogens with one attached hydrogen (secondary N) is 2. The van der Waals surface area contributed by atoms with E-state index in [0.29, 0.717) is 30.3 Å². The number of aromatic nitrogens is 2. The Morgan fingerprint density at radius 1 is 1.37 bits per heavy atom. The SMILES string of the molecule is Cc1sc(C(C)C)cc1NC(=O)NS(=O)(=O)N(c1cnn(C)c1)[C@@H]1CCCN(C)C1. The van der Waals surface area contributed by atoms with Crippen molar-refractivity contribution >= 4 is 39.0 Å². The third kappa shape index (κ3) is 5.13. The third-order valence-electron chi connectivity index (χ3n) is 5.11. The number of piperidine rings is 1. The minimum absolute atomic E-state index is 0.284. The number of carbonyl (C=O) groups excluding carboxylic acids is 1. The molecule has 1 saturated heterocycles. The number of likely N-dealkylation sites (tertiary alicyclic amines) is 1. The first-order chi connectivity index (χ1) is 14.1. The quantitative estimate of drug-likeness (QED) is 0.699. The molecule has 3 heterocycles. The highest BCUT2D eigenvalue weighted by atomic mass is 32.2. The molecule has 9 nitrogen and oxygen atoms in total. The summed E-state index contributed by atoms with van der Waals surface area (Å²) >= 11 is 1.59. The van der Waals surface area contributed by atoms with E-state index >= 15 is 0 Å². The molecule has 1 fully saturated rings. The van der Waals surface area contributed by atoms with Gasteiger partial charge in [0.2, 0.25) is 0 Å². The van der Waals surface area contributed by atoms with Gasteiger partial charge in [-0.15, -0.1) is 11.3 Å². The Kier molecular flexibility index (Phi) is 6.73. The molecule has 0 spiro atoms. The van der Waals surface area contributed by atoms with Gasteiger partial charge in [-0.05, 0) is 45.3 Å². The second-order valence-corrected chi connectivity index (χ2v) is 10.9. The fourth-order valence-corrected chi connectivity index (χ4v) is 5.93. The Morgan fingerprint density at radius 2 is 2.10 bits per heavy atom. The zero-order valence-corrected chi connectivity index (χ0v) is 19.7. The Bertz CT molecular complexity index is 998. The first-order valence-corrected chi connectivity index (χ1v) is 12.2. The molecule has 2 aromatic heterocycles. The highest BCUT2D eigenvalue weighted by molar-refractivity contribution is 7.91. The van der Waals surface area contributed by atoms with Crippen LogP contribution in [0, 0.1) is 6.92 Å². The van der Waals surface area contributed by atoms with E-state index in [9.17, 15) is 13.2 Å². The number of likely N-dealkylation sites (N-methyl/N-ethyl adjacent to an activating group) is 1. The van der Waals surface area contributed by atoms with E-state index in [4.69, 9.17) is 0 Å². The number of thiophene rings is 1. The van der Waals surface area contributed by atoms with Crippen LogP contribution >= 0.6 is 11.3 Å². The average Bonchev–Trinajstić information content (AvgIpc) is 3.20. The molecular weight excluding hydrogens is 424 g/mol. The van der Waals surface area contributed by atoms with Crippen molar-refractivity contribution in [2.75, 3.05) is 29.8 Å². The second kappa shape index (κ2) is 8.94. The van der Waals surface area contributed by atoms with Crippen molar-refractivity contribution in [3.8, 4) is 0 Å². The largest absolute Gasteiger partial charge is 0.334 e. The summed E-state index contributed by atoms with van der Waals surface area (Å²) in [6.45, 7) is 7.55. The van der Waals surface area contributed by atoms with Gasteiger partial charge < -0.3 is 10.2 Å². The van der Waals surface area contributed by atoms with E-state index in [1.165, 1.54) is 10.5 Å². The zero-order chi connectivity index (χ0) is 22.1. The lowest BCUT2D eigenvalue weighted by molar-refractivity contribution is 0.251. The van der Waals surface area contributed by atoms with Gasteiger partial charge in [-0.1, -0.05) is 13.8 Å². The fourth-order valence-electron chi connectivity index (χ4n) is 3.63. The number of rotatable bonds is 6. The van der Waals surface area contributed by atoms with Crippen LogP contribution in [0.15, 0.2) is 18.5 Å². The van der Waals surface area contributed by atoms with Crippen LogP contribution in [-0.2, 0) is 17.3 Å². The first kappa shape index (κ1) is 22.6. The molecule has 1 aliphatic heterocycles. The maximum atomic E-state index is 13.2. The lowest BCUT2D eigenvalue weighted by Crippen LogP contribution is -2.54. The molecule has 0 radical (unpaired) electrons. The van der Waals surface area contributed by atoms with Crippen LogP contribution in [0.5, 0.6) is 0 Å². The second-order valence-electron chi connectivity index (χ2n) is 8.06. The standard InChI is InChI=1S/C19H30N6O3S2/c1-13(2)18-9-17(14(3)29-18)21-19(26)22-30(27,28)25(16-10-20-24(5)12-16)15-7-6-8-23(4)11-15/h9-10,12-13,15H,6-8,11H2,1-5H3,(H2,21,22,26)/t15-/m1/s1. The van der Waals surface area contributed by atoms with E-state index in [1.807, 2.05) is 20.0 Å². The van der Waals surface area contributed by atoms with E-state index < -0.39 is 16.2 Å². The van der Waals surface area contributed by atoms with Gasteiger partial charge in [0, 0.05) is 29.5 Å². The average molecular weight is 455 g/mol. The third-order valence-corrected chi connectivity index (χ3v) is 7.93. The summed E-state index contributed by atoms with van der Waals surface area (Å²) in [6, 6.07) is 0.837. The summed E-state index contributed by atoms with van der Waals surface area (Å²) in [5.74, 6) is 0.334. The van der Waals surface area contributed by atoms with Gasteiger partial charge >= 0.3 is 16.2 Å². The molecule has 2 aromatic rings. The summed E-state index contributed by atoms with van der Waals surface area (Å²) < 4.78 is 31.5. The van der Waals surface area contributed by atoms with Crippen molar-refractivity contribution in [3.63, 3.8) is 0 Å². The monoisotopic (exact) mass is 454 g/mol. The van der Waals surface area contributed by atoms with E-state index in [1.54, 1.807) is 29.3 Å². The van der Waals surface area contributed by atoms with Gasteiger partial charge in [0.05, 0.1) is 23.6 Å². The topological polar surface area (TPSA) is 99.6 Å². The number of anilines is 2. The zero-order valence-electron chi connectivity index (χ0n) is 18.0. The predicted molar refractivity (Wildman–Crippen MR) is 120 cm³/mol. The van der Waals surface area contributed by atoms with Gasteiger partial charge in [-0.2, -0.15) is 13.5 Å². The highest BCUT2D eigenvalue weighted by Gasteiger charge is 2.34. The molecule has 0 unspecified atom stereocenters. The molecular formula is C19H30N6O3S2. The summed E-state index contributed by atoms with van der Waals surface area (Å²) in [6.07, 6.45) is 4.74. The van der Waals surface area contributed by atoms with E-state index in [0.717, 1.165) is 22.7 Å². The minimum atomic E-state index is -4.13. The lowest BCUT2D eigenvalue weighted by Gasteiger charge is -2.37. The molecule has 0 aliphatic carbocycles. The Morgan fingerprint density at radius 3 is 2.67 bits per heavy atom. The van der Waals surface area contributed by atoms with Crippen molar-refractivity contribution in [1.82, 2.24) is 19.4 Å². The summed E-state index contributed by atoms with van der Waals surface area (Å²) in [7, 11) is -0.439. The molecule has 0 aromatic carbocycles. The fraction of sp³-hybridized carbons (Fsp3) is 0.579. The molecule has 1 atom stereocenters. The number of aryl methyl sites for hydroxylation is 2. The molecule has 1 aliphatic rings. The van der Waals surface area contributed by atoms with Gasteiger partial charge in [0.15, 0.2) is 0 Å². The van der Waals surface area contributed by atoms with Crippen LogP contribution < -0.4 is 14.3 Å². The van der Waals surface area contributed by atoms with Crippen molar-refractivity contribution in [2.45, 2.75) is 45.6 Å². The van der Waals surface area contributed by atoms with Crippen molar-refractivity contribution in [3.05, 3.63) is 28.2 Å². The van der Waals surface area contributed by atoms with Crippen LogP contribution in [0.4, 0.5) is 16.2 Å². The maximum absolute atomic E-state index is 13.2. The Labute approximate surface area is 182 Å². The van der Waals surface area contributed by atoms with E-state index in [-0.39, 0.29) is 6.04 Å². The van der Waals surface area contributed by atoms with Crippen LogP contribution in [0.2, 0.25) is 0 Å². The van der Waals surface area contributed by atoms with Gasteiger partial charge in [0.25, 0.3) is 0 Å². The number of carbonyl (C=O) groups is 1. The molecule has 11 heteroatoms. The summed E-state index contributed by atoms with van der Waals surface area (Å²) in [5.41, 5.74) is 1.06. The van der Waals surface area contributed by atoms with Crippen LogP contribution in [0.25, 0.3) is 0 Å². The van der Waals surface area contributed by atoms with Crippen molar-refractivity contribution in [1.29, 1.82) is 0 Å². The molecule has 166 valence electrons. The van der Waals surface area contributed by atoms with Crippen molar-refractivity contribution < 1.29 is 13.2 Å². The van der Waals surface area contributed by atoms with Crippen LogP contribution in [0.1, 0.15) is 42.4 Å². The van der Waals surface area contributed by atoms with Gasteiger partial charge in [-0.25, -0.2) is 13.8 Å². The molecule has 2 amide bonds. The predicted octanol–water partition coefficient (Wildman–Crippen LogP) is 2.88. The Hall–Kier alpha value is -2.11. The molecule has 0 saturated carbocycles. The number of hydrogen-bond donors (Lipinski definition) is 2. The molecule has 2 N–H and O–H groups in total. The van der Waals surface area contributed by atoms with Crippen LogP contribution in [-0.4, -0.2) is 55.3 Å². The van der Waals surface area contributed by atoms with E-state index in [2.05, 4.69) is 33.9 Å². The molecule has 3 rings (SSSR count). The smallest absolute Gasteiger partial charge is 0.306 e. The normalized spacial score (nSPS) is 17.9. The maximum Gasteiger partial charge on any atom is 0.334 e. The molecule has 0 bridgehead atoms. The summed E-state index contributed by atoms with van der Waals surface area (Å²) in [5, 5.41) is 6.80. The van der Waals surface area contributed by atoms with Gasteiger partial charge in [0.1, 0.15) is 0 Å². The number of urea groups is 1. The van der Waals surface area contributed by atoms with Crippen molar-refractivity contribution in [2.24, 2.45) is 7.05 Å². The number of amides is 2. The van der Waals surface area contributed by atoms with Gasteiger partial charge in [-0.3, -0.25) is 4.68 Å². The molecule has 30 heavy (non-hydrogen) atoms. The highest BCUT2D eigenvalue weighted by Crippen LogP contribution is 2.31. The Balaban J connectivity index is 1.81. The lowest BCUT2D eigenvalue weighted by atomic mass is 10.1. The van der Waals surface area contributed by atoms with Crippen LogP contribution in [0.3, 0.4) is 0 Å². The summed E-state index contributed by atoms with van der Waals surface area (Å²) in [4.78, 5) is 16.8. The number of nitrogens with zero attached hydrogens (tertiary/aromatic N) is 4.